The highest BCUT2D eigenvalue weighted by Gasteiger charge is 2.21. The second-order valence-electron chi connectivity index (χ2n) is 7.44. The van der Waals surface area contributed by atoms with Crippen molar-refractivity contribution in [2.24, 2.45) is 0 Å². The van der Waals surface area contributed by atoms with E-state index in [0.29, 0.717) is 6.04 Å². The molecule has 0 aliphatic carbocycles. The van der Waals surface area contributed by atoms with Gasteiger partial charge in [0.05, 0.1) is 11.4 Å². The normalized spacial score (nSPS) is 11.2. The molecule has 0 unspecified atom stereocenters. The van der Waals surface area contributed by atoms with Crippen LogP contribution in [0.25, 0.3) is 0 Å². The number of rotatable bonds is 8. The predicted molar refractivity (Wildman–Crippen MR) is 122 cm³/mol. The highest BCUT2D eigenvalue weighted by Crippen LogP contribution is 2.32. The van der Waals surface area contributed by atoms with E-state index in [1.54, 1.807) is 11.8 Å². The lowest BCUT2D eigenvalue weighted by Gasteiger charge is -2.26. The fraction of sp³-hybridized carbons (Fsp3) is 0.333. The van der Waals surface area contributed by atoms with Gasteiger partial charge in [-0.3, -0.25) is 14.6 Å². The van der Waals surface area contributed by atoms with E-state index < -0.39 is 0 Å². The smallest absolute Gasteiger partial charge is 0.230 e. The highest BCUT2D eigenvalue weighted by atomic mass is 32.1. The molecule has 0 saturated heterocycles. The van der Waals surface area contributed by atoms with Crippen LogP contribution >= 0.6 is 11.3 Å². The van der Waals surface area contributed by atoms with Gasteiger partial charge in [-0.1, -0.05) is 55.5 Å². The van der Waals surface area contributed by atoms with E-state index in [4.69, 9.17) is 4.98 Å². The molecule has 2 aromatic carbocycles. The van der Waals surface area contributed by atoms with Crippen molar-refractivity contribution in [3.05, 3.63) is 76.8 Å². The summed E-state index contributed by atoms with van der Waals surface area (Å²) in [7, 11) is 0. The van der Waals surface area contributed by atoms with Crippen molar-refractivity contribution in [3.8, 4) is 0 Å². The van der Waals surface area contributed by atoms with E-state index in [0.717, 1.165) is 41.6 Å². The third-order valence-corrected chi connectivity index (χ3v) is 5.86. The van der Waals surface area contributed by atoms with Gasteiger partial charge in [-0.05, 0) is 37.5 Å². The van der Waals surface area contributed by atoms with Crippen LogP contribution < -0.4 is 4.90 Å². The zero-order valence-electron chi connectivity index (χ0n) is 17.6. The molecule has 0 spiro atoms. The van der Waals surface area contributed by atoms with E-state index in [-0.39, 0.29) is 5.91 Å². The molecule has 152 valence electrons. The first kappa shape index (κ1) is 21.2. The summed E-state index contributed by atoms with van der Waals surface area (Å²) in [6, 6.07) is 18.9. The molecule has 0 saturated carbocycles. The Morgan fingerprint density at radius 1 is 1.03 bits per heavy atom. The van der Waals surface area contributed by atoms with E-state index in [9.17, 15) is 4.79 Å². The maximum atomic E-state index is 12.5. The van der Waals surface area contributed by atoms with Crippen molar-refractivity contribution < 1.29 is 4.79 Å². The molecule has 1 amide bonds. The minimum atomic E-state index is -0.0169. The fourth-order valence-electron chi connectivity index (χ4n) is 3.35. The lowest BCUT2D eigenvalue weighted by molar-refractivity contribution is -0.115. The Labute approximate surface area is 177 Å². The maximum absolute atomic E-state index is 12.5. The van der Waals surface area contributed by atoms with Gasteiger partial charge in [-0.2, -0.15) is 0 Å². The number of anilines is 2. The van der Waals surface area contributed by atoms with Crippen LogP contribution in [0.15, 0.2) is 60.0 Å². The molecule has 29 heavy (non-hydrogen) atoms. The van der Waals surface area contributed by atoms with Crippen LogP contribution in [0.4, 0.5) is 10.8 Å². The Balaban J connectivity index is 1.83. The Bertz CT molecular complexity index is 936. The molecule has 0 aliphatic rings. The van der Waals surface area contributed by atoms with Gasteiger partial charge in [0.25, 0.3) is 0 Å². The Morgan fingerprint density at radius 2 is 1.72 bits per heavy atom. The first-order valence-corrected chi connectivity index (χ1v) is 11.0. The zero-order chi connectivity index (χ0) is 20.8. The lowest BCUT2D eigenvalue weighted by atomic mass is 10.1. The molecule has 0 atom stereocenters. The summed E-state index contributed by atoms with van der Waals surface area (Å²) in [5, 5.41) is 2.80. The minimum absolute atomic E-state index is 0.0169. The maximum Gasteiger partial charge on any atom is 0.230 e. The molecular weight excluding hydrogens is 378 g/mol. The summed E-state index contributed by atoms with van der Waals surface area (Å²) in [5.41, 5.74) is 4.36. The van der Waals surface area contributed by atoms with Gasteiger partial charge in [0.2, 0.25) is 5.91 Å². The van der Waals surface area contributed by atoms with Gasteiger partial charge in [0, 0.05) is 31.4 Å². The molecule has 3 aromatic rings. The summed E-state index contributed by atoms with van der Waals surface area (Å²) in [6.07, 6.45) is 0.871. The predicted octanol–water partition coefficient (Wildman–Crippen LogP) is 5.80. The average Bonchev–Trinajstić information content (AvgIpc) is 3.16. The van der Waals surface area contributed by atoms with Gasteiger partial charge in [0.15, 0.2) is 5.13 Å². The van der Waals surface area contributed by atoms with Gasteiger partial charge in [-0.25, -0.2) is 4.98 Å². The Hall–Kier alpha value is -2.50. The van der Waals surface area contributed by atoms with E-state index >= 15 is 0 Å². The van der Waals surface area contributed by atoms with Crippen LogP contribution in [0.3, 0.4) is 0 Å². The van der Waals surface area contributed by atoms with Crippen molar-refractivity contribution in [3.63, 3.8) is 0 Å². The van der Waals surface area contributed by atoms with E-state index in [1.807, 2.05) is 24.3 Å². The summed E-state index contributed by atoms with van der Waals surface area (Å²) in [6.45, 7) is 9.74. The Kier molecular flexibility index (Phi) is 7.18. The van der Waals surface area contributed by atoms with Gasteiger partial charge < -0.3 is 0 Å². The first-order chi connectivity index (χ1) is 14.0. The first-order valence-electron chi connectivity index (χ1n) is 10.1. The van der Waals surface area contributed by atoms with Crippen molar-refractivity contribution in [2.45, 2.75) is 53.2 Å². The number of para-hydroxylation sites is 1. The topological polar surface area (TPSA) is 36.4 Å². The van der Waals surface area contributed by atoms with Gasteiger partial charge >= 0.3 is 0 Å². The zero-order valence-corrected chi connectivity index (χ0v) is 18.4. The summed E-state index contributed by atoms with van der Waals surface area (Å²) in [4.78, 5) is 21.4. The second-order valence-corrected chi connectivity index (χ2v) is 8.28. The molecule has 5 heteroatoms. The van der Waals surface area contributed by atoms with Crippen LogP contribution in [0, 0.1) is 0 Å². The molecule has 0 radical (unpaired) electrons. The van der Waals surface area contributed by atoms with Crippen LogP contribution in [0.2, 0.25) is 0 Å². The number of hydrogen-bond donors (Lipinski definition) is 0. The fourth-order valence-corrected chi connectivity index (χ4v) is 4.22. The Morgan fingerprint density at radius 3 is 2.38 bits per heavy atom. The average molecular weight is 408 g/mol. The minimum Gasteiger partial charge on any atom is -0.291 e. The number of aryl methyl sites for hydroxylation is 1. The van der Waals surface area contributed by atoms with Crippen LogP contribution in [0.5, 0.6) is 0 Å². The molecule has 4 nitrogen and oxygen atoms in total. The number of amides is 1. The van der Waals surface area contributed by atoms with Gasteiger partial charge in [0.1, 0.15) is 0 Å². The number of aromatic nitrogens is 1. The third-order valence-electron chi connectivity index (χ3n) is 4.98. The van der Waals surface area contributed by atoms with Crippen LogP contribution in [0.1, 0.15) is 44.5 Å². The summed E-state index contributed by atoms with van der Waals surface area (Å²) in [5.74, 6) is -0.0169. The number of thiazole rings is 1. The standard InChI is InChI=1S/C24H29N3OS/c1-5-21-13-9-10-14-23(21)27(19(4)28)24-25-22(17-29-24)16-26(18(2)3)15-20-11-7-6-8-12-20/h6-14,17-18H,5,15-16H2,1-4H3. The molecule has 3 rings (SSSR count). The molecule has 0 N–H and O–H groups in total. The highest BCUT2D eigenvalue weighted by molar-refractivity contribution is 7.14. The number of benzene rings is 2. The number of carbonyl (C=O) groups is 1. The third kappa shape index (κ3) is 5.31. The molecule has 1 heterocycles. The number of nitrogens with zero attached hydrogens (tertiary/aromatic N) is 3. The molecule has 0 bridgehead atoms. The monoisotopic (exact) mass is 407 g/mol. The van der Waals surface area contributed by atoms with Crippen molar-refractivity contribution >= 4 is 28.1 Å². The number of carbonyl (C=O) groups excluding carboxylic acids is 1. The molecule has 0 aliphatic heterocycles. The molecule has 1 aromatic heterocycles. The van der Waals surface area contributed by atoms with Crippen molar-refractivity contribution in [1.82, 2.24) is 9.88 Å². The van der Waals surface area contributed by atoms with Crippen LogP contribution in [-0.4, -0.2) is 21.8 Å². The summed E-state index contributed by atoms with van der Waals surface area (Å²) < 4.78 is 0. The van der Waals surface area contributed by atoms with Gasteiger partial charge in [-0.15, -0.1) is 11.3 Å². The lowest BCUT2D eigenvalue weighted by Crippen LogP contribution is -2.30. The van der Waals surface area contributed by atoms with Crippen LogP contribution in [-0.2, 0) is 24.3 Å². The largest absolute Gasteiger partial charge is 0.291 e. The molecule has 0 fully saturated rings. The SMILES string of the molecule is CCc1ccccc1N(C(C)=O)c1nc(CN(Cc2ccccc2)C(C)C)cs1. The van der Waals surface area contributed by atoms with E-state index in [1.165, 1.54) is 16.9 Å². The quantitative estimate of drug-likeness (QED) is 0.473. The summed E-state index contributed by atoms with van der Waals surface area (Å²) >= 11 is 1.53. The molecular formula is C24H29N3OS. The van der Waals surface area contributed by atoms with Crippen molar-refractivity contribution in [1.29, 1.82) is 0 Å². The number of hydrogen-bond acceptors (Lipinski definition) is 4. The van der Waals surface area contributed by atoms with Crippen molar-refractivity contribution in [2.75, 3.05) is 4.90 Å². The van der Waals surface area contributed by atoms with E-state index in [2.05, 4.69) is 61.4 Å². The second kappa shape index (κ2) is 9.81.